The molecule has 0 aliphatic carbocycles. The Bertz CT molecular complexity index is 476. The fourth-order valence-corrected chi connectivity index (χ4v) is 2.89. The molecule has 0 aromatic heterocycles. The normalized spacial score (nSPS) is 21.5. The average molecular weight is 304 g/mol. The van der Waals surface area contributed by atoms with Gasteiger partial charge in [0.2, 0.25) is 5.91 Å². The van der Waals surface area contributed by atoms with Crippen LogP contribution >= 0.6 is 0 Å². The summed E-state index contributed by atoms with van der Waals surface area (Å²) in [6.07, 6.45) is 2.87. The van der Waals surface area contributed by atoms with Crippen molar-refractivity contribution in [3.05, 3.63) is 35.4 Å². The van der Waals surface area contributed by atoms with E-state index in [9.17, 15) is 4.79 Å². The van der Waals surface area contributed by atoms with Gasteiger partial charge in [0.25, 0.3) is 0 Å². The first-order chi connectivity index (χ1) is 10.7. The Morgan fingerprint density at radius 2 is 2.14 bits per heavy atom. The van der Waals surface area contributed by atoms with Crippen LogP contribution in [0.15, 0.2) is 24.3 Å². The van der Waals surface area contributed by atoms with Crippen molar-refractivity contribution in [2.75, 3.05) is 13.2 Å². The van der Waals surface area contributed by atoms with E-state index < -0.39 is 0 Å². The molecule has 2 N–H and O–H groups in total. The molecule has 2 rings (SSSR count). The van der Waals surface area contributed by atoms with Gasteiger partial charge in [-0.1, -0.05) is 31.2 Å². The first-order valence-electron chi connectivity index (χ1n) is 8.36. The molecule has 0 saturated carbocycles. The molecule has 4 nitrogen and oxygen atoms in total. The summed E-state index contributed by atoms with van der Waals surface area (Å²) in [5, 5.41) is 6.48. The van der Waals surface area contributed by atoms with Gasteiger partial charge in [-0.05, 0) is 43.9 Å². The number of nitrogens with one attached hydrogen (secondary N) is 2. The summed E-state index contributed by atoms with van der Waals surface area (Å²) in [5.74, 6) is 0.317. The monoisotopic (exact) mass is 304 g/mol. The van der Waals surface area contributed by atoms with Crippen molar-refractivity contribution in [2.45, 2.75) is 52.3 Å². The summed E-state index contributed by atoms with van der Waals surface area (Å²) in [4.78, 5) is 12.3. The molecule has 1 aliphatic rings. The zero-order valence-corrected chi connectivity index (χ0v) is 13.7. The van der Waals surface area contributed by atoms with Crippen molar-refractivity contribution < 1.29 is 9.53 Å². The Hall–Kier alpha value is -1.39. The number of carbonyl (C=O) groups is 1. The molecule has 1 aliphatic heterocycles. The van der Waals surface area contributed by atoms with Gasteiger partial charge in [0.15, 0.2) is 0 Å². The molecule has 1 saturated heterocycles. The lowest BCUT2D eigenvalue weighted by Crippen LogP contribution is -2.42. The lowest BCUT2D eigenvalue weighted by molar-refractivity contribution is -0.126. The highest BCUT2D eigenvalue weighted by molar-refractivity contribution is 5.78. The highest BCUT2D eigenvalue weighted by Gasteiger charge is 2.24. The summed E-state index contributed by atoms with van der Waals surface area (Å²) in [5.41, 5.74) is 2.31. The average Bonchev–Trinajstić information content (AvgIpc) is 2.54. The minimum atomic E-state index is 0.139. The molecular formula is C18H28N2O2. The lowest BCUT2D eigenvalue weighted by atomic mass is 9.92. The van der Waals surface area contributed by atoms with Crippen molar-refractivity contribution in [1.82, 2.24) is 10.6 Å². The van der Waals surface area contributed by atoms with Crippen molar-refractivity contribution in [2.24, 2.45) is 5.92 Å². The number of hydrogen-bond donors (Lipinski definition) is 2. The summed E-state index contributed by atoms with van der Waals surface area (Å²) < 4.78 is 5.63. The molecule has 0 spiro atoms. The second-order valence-corrected chi connectivity index (χ2v) is 6.12. The number of benzene rings is 1. The van der Waals surface area contributed by atoms with Gasteiger partial charge >= 0.3 is 0 Å². The molecule has 1 heterocycles. The minimum absolute atomic E-state index is 0.139. The Kier molecular flexibility index (Phi) is 6.87. The van der Waals surface area contributed by atoms with Crippen molar-refractivity contribution in [3.8, 4) is 0 Å². The summed E-state index contributed by atoms with van der Waals surface area (Å²) in [6.45, 7) is 7.15. The number of ether oxygens (including phenoxy) is 1. The van der Waals surface area contributed by atoms with Crippen LogP contribution in [-0.2, 0) is 22.7 Å². The van der Waals surface area contributed by atoms with E-state index >= 15 is 0 Å². The number of rotatable bonds is 7. The van der Waals surface area contributed by atoms with Crippen LogP contribution < -0.4 is 10.6 Å². The Morgan fingerprint density at radius 3 is 2.86 bits per heavy atom. The van der Waals surface area contributed by atoms with Crippen molar-refractivity contribution >= 4 is 5.91 Å². The van der Waals surface area contributed by atoms with Crippen LogP contribution in [0.3, 0.4) is 0 Å². The van der Waals surface area contributed by atoms with E-state index in [0.717, 1.165) is 43.5 Å². The molecule has 22 heavy (non-hydrogen) atoms. The minimum Gasteiger partial charge on any atom is -0.377 e. The van der Waals surface area contributed by atoms with Crippen LogP contribution in [0, 0.1) is 5.92 Å². The fourth-order valence-electron chi connectivity index (χ4n) is 2.89. The quantitative estimate of drug-likeness (QED) is 0.761. The third kappa shape index (κ3) is 5.11. The maximum Gasteiger partial charge on any atom is 0.223 e. The van der Waals surface area contributed by atoms with Gasteiger partial charge in [0.1, 0.15) is 0 Å². The second kappa shape index (κ2) is 8.91. The fraction of sp³-hybridized carbons (Fsp3) is 0.611. The Morgan fingerprint density at radius 1 is 1.36 bits per heavy atom. The van der Waals surface area contributed by atoms with Gasteiger partial charge in [-0.3, -0.25) is 4.79 Å². The Balaban J connectivity index is 1.86. The molecule has 0 radical (unpaired) electrons. The largest absolute Gasteiger partial charge is 0.377 e. The number of hydrogen-bond acceptors (Lipinski definition) is 3. The van der Waals surface area contributed by atoms with E-state index in [-0.39, 0.29) is 11.8 Å². The molecule has 4 heteroatoms. The van der Waals surface area contributed by atoms with E-state index in [1.54, 1.807) is 0 Å². The van der Waals surface area contributed by atoms with Crippen LogP contribution in [0.25, 0.3) is 0 Å². The van der Waals surface area contributed by atoms with Gasteiger partial charge in [-0.25, -0.2) is 0 Å². The molecule has 1 aromatic carbocycles. The maximum absolute atomic E-state index is 12.3. The molecule has 1 fully saturated rings. The van der Waals surface area contributed by atoms with Crippen LogP contribution in [0.2, 0.25) is 0 Å². The van der Waals surface area contributed by atoms with Crippen LogP contribution in [0.5, 0.6) is 0 Å². The highest BCUT2D eigenvalue weighted by atomic mass is 16.5. The smallest absolute Gasteiger partial charge is 0.223 e. The van der Waals surface area contributed by atoms with E-state index in [4.69, 9.17) is 4.74 Å². The van der Waals surface area contributed by atoms with Crippen LogP contribution in [0.1, 0.15) is 44.2 Å². The number of carbonyl (C=O) groups excluding carboxylic acids is 1. The highest BCUT2D eigenvalue weighted by Crippen LogP contribution is 2.17. The SMILES string of the molecule is CCCOCc1ccccc1CNC(=O)[C@H]1CCN[C@@H](C)C1. The standard InChI is InChI=1S/C18H28N2O2/c1-3-10-22-13-17-7-5-4-6-16(17)12-20-18(21)15-8-9-19-14(2)11-15/h4-7,14-15,19H,3,8-13H2,1-2H3,(H,20,21)/t14-,15-/m0/s1. The van der Waals surface area contributed by atoms with Crippen molar-refractivity contribution in [1.29, 1.82) is 0 Å². The third-order valence-corrected chi connectivity index (χ3v) is 4.17. The molecule has 0 bridgehead atoms. The summed E-state index contributed by atoms with van der Waals surface area (Å²) in [6, 6.07) is 8.60. The Labute approximate surface area is 133 Å². The first-order valence-corrected chi connectivity index (χ1v) is 8.36. The van der Waals surface area contributed by atoms with Gasteiger partial charge in [-0.2, -0.15) is 0 Å². The van der Waals surface area contributed by atoms with E-state index in [1.165, 1.54) is 0 Å². The molecule has 2 atom stereocenters. The van der Waals surface area contributed by atoms with Crippen LogP contribution in [-0.4, -0.2) is 25.1 Å². The summed E-state index contributed by atoms with van der Waals surface area (Å²) in [7, 11) is 0. The van der Waals surface area contributed by atoms with Gasteiger partial charge in [0.05, 0.1) is 6.61 Å². The molecule has 1 aromatic rings. The van der Waals surface area contributed by atoms with Crippen molar-refractivity contribution in [3.63, 3.8) is 0 Å². The second-order valence-electron chi connectivity index (χ2n) is 6.12. The predicted octanol–water partition coefficient (Wildman–Crippen LogP) is 2.62. The van der Waals surface area contributed by atoms with Gasteiger partial charge in [-0.15, -0.1) is 0 Å². The molecule has 122 valence electrons. The van der Waals surface area contributed by atoms with Crippen LogP contribution in [0.4, 0.5) is 0 Å². The predicted molar refractivity (Wildman–Crippen MR) is 88.4 cm³/mol. The lowest BCUT2D eigenvalue weighted by Gasteiger charge is -2.27. The van der Waals surface area contributed by atoms with E-state index in [2.05, 4.69) is 36.6 Å². The molecule has 1 amide bonds. The van der Waals surface area contributed by atoms with Gasteiger partial charge < -0.3 is 15.4 Å². The summed E-state index contributed by atoms with van der Waals surface area (Å²) >= 11 is 0. The first kappa shape index (κ1) is 17.0. The number of amides is 1. The van der Waals surface area contributed by atoms with E-state index in [1.807, 2.05) is 12.1 Å². The topological polar surface area (TPSA) is 50.4 Å². The third-order valence-electron chi connectivity index (χ3n) is 4.17. The molecule has 0 unspecified atom stereocenters. The number of piperidine rings is 1. The zero-order chi connectivity index (χ0) is 15.8. The maximum atomic E-state index is 12.3. The zero-order valence-electron chi connectivity index (χ0n) is 13.7. The molecular weight excluding hydrogens is 276 g/mol. The van der Waals surface area contributed by atoms with Gasteiger partial charge in [0, 0.05) is 25.1 Å². The van der Waals surface area contributed by atoms with E-state index in [0.29, 0.717) is 19.2 Å².